The molecular weight excluding hydrogens is 578 g/mol. The van der Waals surface area contributed by atoms with Crippen molar-refractivity contribution in [2.45, 2.75) is 122 Å². The van der Waals surface area contributed by atoms with Gasteiger partial charge in [0.2, 0.25) is 8.32 Å². The number of allylic oxidation sites excluding steroid dienone is 1. The molecular formula is C34H53NO8Si. The van der Waals surface area contributed by atoms with Crippen LogP contribution in [0.4, 0.5) is 0 Å². The number of nitrogens with zero attached hydrogens (tertiary/aromatic N) is 1. The van der Waals surface area contributed by atoms with E-state index in [1.165, 1.54) is 0 Å². The van der Waals surface area contributed by atoms with E-state index in [9.17, 15) is 4.79 Å². The highest BCUT2D eigenvalue weighted by atomic mass is 28.4. The van der Waals surface area contributed by atoms with E-state index < -0.39 is 26.3 Å². The smallest absolute Gasteiger partial charge is 0.201 e. The number of rotatable bonds is 17. The Labute approximate surface area is 264 Å². The summed E-state index contributed by atoms with van der Waals surface area (Å²) in [7, 11) is 2.65. The first-order valence-electron chi connectivity index (χ1n) is 15.6. The van der Waals surface area contributed by atoms with E-state index in [-0.39, 0.29) is 12.5 Å². The summed E-state index contributed by atoms with van der Waals surface area (Å²) in [6.07, 6.45) is 4.75. The van der Waals surface area contributed by atoms with Crippen molar-refractivity contribution in [1.82, 2.24) is 4.98 Å². The van der Waals surface area contributed by atoms with Gasteiger partial charge in [-0.05, 0) is 52.9 Å². The van der Waals surface area contributed by atoms with Crippen LogP contribution in [0.25, 0.3) is 0 Å². The minimum absolute atomic E-state index is 0.153. The lowest BCUT2D eigenvalue weighted by atomic mass is 9.92. The van der Waals surface area contributed by atoms with Gasteiger partial charge >= 0.3 is 0 Å². The summed E-state index contributed by atoms with van der Waals surface area (Å²) in [5.74, 6) is 0.231. The van der Waals surface area contributed by atoms with Gasteiger partial charge in [-0.1, -0.05) is 53.7 Å². The molecule has 4 atom stereocenters. The molecule has 1 aromatic heterocycles. The SMILES string of the molecule is COc1ccc(COCc2coc(C[C@]3(OC)C[C@H](OC)C[C@H]([C@@H](/C=C(\C)C=O)O[Si](C(C)C)(C(C)C)C(C)C)O3)n2)cc1. The molecule has 10 heteroatoms. The molecule has 0 saturated carbocycles. The van der Waals surface area contributed by atoms with E-state index in [2.05, 4.69) is 46.5 Å². The van der Waals surface area contributed by atoms with Crippen LogP contribution < -0.4 is 4.74 Å². The zero-order chi connectivity index (χ0) is 32.5. The van der Waals surface area contributed by atoms with Gasteiger partial charge in [-0.25, -0.2) is 4.98 Å². The maximum Gasteiger partial charge on any atom is 0.201 e. The Balaban J connectivity index is 1.81. The van der Waals surface area contributed by atoms with Crippen molar-refractivity contribution in [3.63, 3.8) is 0 Å². The molecule has 0 radical (unpaired) electrons. The van der Waals surface area contributed by atoms with Gasteiger partial charge in [-0.2, -0.15) is 0 Å². The lowest BCUT2D eigenvalue weighted by Crippen LogP contribution is -2.57. The number of benzene rings is 1. The number of hydrogen-bond acceptors (Lipinski definition) is 9. The molecule has 1 aliphatic heterocycles. The lowest BCUT2D eigenvalue weighted by Gasteiger charge is -2.49. The van der Waals surface area contributed by atoms with Crippen molar-refractivity contribution >= 4 is 14.6 Å². The summed E-state index contributed by atoms with van der Waals surface area (Å²) >= 11 is 0. The van der Waals surface area contributed by atoms with Gasteiger partial charge in [0.25, 0.3) is 0 Å². The number of oxazole rings is 1. The largest absolute Gasteiger partial charge is 0.497 e. The predicted molar refractivity (Wildman–Crippen MR) is 172 cm³/mol. The van der Waals surface area contributed by atoms with Gasteiger partial charge in [0.1, 0.15) is 24.0 Å². The molecule has 1 saturated heterocycles. The third-order valence-corrected chi connectivity index (χ3v) is 14.9. The number of carbonyl (C=O) groups excluding carboxylic acids is 1. The third kappa shape index (κ3) is 8.89. The Bertz CT molecular complexity index is 1170. The van der Waals surface area contributed by atoms with Crippen LogP contribution in [0.2, 0.25) is 16.6 Å². The Morgan fingerprint density at radius 3 is 2.25 bits per heavy atom. The molecule has 0 unspecified atom stereocenters. The lowest BCUT2D eigenvalue weighted by molar-refractivity contribution is -0.297. The van der Waals surface area contributed by atoms with Crippen molar-refractivity contribution in [2.24, 2.45) is 0 Å². The highest BCUT2D eigenvalue weighted by Crippen LogP contribution is 2.45. The molecule has 44 heavy (non-hydrogen) atoms. The normalized spacial score (nSPS) is 22.2. The summed E-state index contributed by atoms with van der Waals surface area (Å²) in [6.45, 7) is 16.0. The zero-order valence-electron chi connectivity index (χ0n) is 28.3. The predicted octanol–water partition coefficient (Wildman–Crippen LogP) is 7.19. The maximum absolute atomic E-state index is 11.8. The zero-order valence-corrected chi connectivity index (χ0v) is 29.3. The van der Waals surface area contributed by atoms with E-state index >= 15 is 0 Å². The van der Waals surface area contributed by atoms with Gasteiger partial charge in [-0.3, -0.25) is 4.79 Å². The molecule has 9 nitrogen and oxygen atoms in total. The van der Waals surface area contributed by atoms with Crippen LogP contribution in [0.15, 0.2) is 46.6 Å². The fourth-order valence-corrected chi connectivity index (χ4v) is 12.1. The summed E-state index contributed by atoms with van der Waals surface area (Å²) in [5.41, 5.74) is 3.41. The van der Waals surface area contributed by atoms with Crippen molar-refractivity contribution in [1.29, 1.82) is 0 Å². The molecule has 0 amide bonds. The Morgan fingerprint density at radius 1 is 1.05 bits per heavy atom. The number of carbonyl (C=O) groups is 1. The molecule has 0 N–H and O–H groups in total. The molecule has 1 aromatic carbocycles. The number of aromatic nitrogens is 1. The first-order valence-corrected chi connectivity index (χ1v) is 17.8. The van der Waals surface area contributed by atoms with E-state index in [1.807, 2.05) is 30.3 Å². The number of hydrogen-bond donors (Lipinski definition) is 0. The molecule has 3 rings (SSSR count). The van der Waals surface area contributed by atoms with E-state index in [1.54, 1.807) is 34.5 Å². The minimum atomic E-state index is -2.33. The molecule has 2 heterocycles. The molecule has 2 aromatic rings. The third-order valence-electron chi connectivity index (χ3n) is 8.83. The average molecular weight is 632 g/mol. The van der Waals surface area contributed by atoms with Gasteiger partial charge in [0.15, 0.2) is 11.7 Å². The van der Waals surface area contributed by atoms with E-state index in [0.717, 1.165) is 17.6 Å². The number of aldehydes is 1. The minimum Gasteiger partial charge on any atom is -0.497 e. The van der Waals surface area contributed by atoms with Crippen LogP contribution in [-0.4, -0.2) is 65.0 Å². The van der Waals surface area contributed by atoms with Crippen LogP contribution in [0.5, 0.6) is 5.75 Å². The van der Waals surface area contributed by atoms with Gasteiger partial charge < -0.3 is 32.5 Å². The average Bonchev–Trinajstić information content (AvgIpc) is 3.44. The van der Waals surface area contributed by atoms with E-state index in [0.29, 0.717) is 59.8 Å². The second-order valence-corrected chi connectivity index (χ2v) is 18.2. The molecule has 1 fully saturated rings. The molecule has 0 spiro atoms. The molecule has 246 valence electrons. The maximum atomic E-state index is 11.8. The number of methoxy groups -OCH3 is 3. The second-order valence-electron chi connectivity index (χ2n) is 12.7. The standard InChI is InChI=1S/C34H53NO8Si/c1-23(2)44(24(3)4,25(5)6)43-32(15-26(7)19-36)31-16-30(38-9)17-34(39-10,42-31)18-33-35-28(22-41-33)21-40-20-27-11-13-29(37-8)14-12-27/h11-15,19,22-25,30-32H,16-18,20-21H2,1-10H3/b26-15+/t30-,31-,32-,34+/m1/s1. The van der Waals surface area contributed by atoms with Crippen LogP contribution >= 0.6 is 0 Å². The summed E-state index contributed by atoms with van der Waals surface area (Å²) in [4.78, 5) is 16.5. The van der Waals surface area contributed by atoms with Crippen molar-refractivity contribution in [3.8, 4) is 5.75 Å². The number of ether oxygens (including phenoxy) is 5. The summed E-state index contributed by atoms with van der Waals surface area (Å²) in [5, 5.41) is 0. The van der Waals surface area contributed by atoms with Gasteiger partial charge in [0.05, 0.1) is 45.1 Å². The Kier molecular flexibility index (Phi) is 13.4. The quantitative estimate of drug-likeness (QED) is 0.102. The Hall–Kier alpha value is -2.34. The van der Waals surface area contributed by atoms with Crippen LogP contribution in [0.1, 0.15) is 78.5 Å². The van der Waals surface area contributed by atoms with Gasteiger partial charge in [0, 0.05) is 27.1 Å². The fraction of sp³-hybridized carbons (Fsp3) is 0.647. The molecule has 0 bridgehead atoms. The van der Waals surface area contributed by atoms with Crippen molar-refractivity contribution < 1.29 is 37.3 Å². The monoisotopic (exact) mass is 631 g/mol. The molecule has 1 aliphatic rings. The summed E-state index contributed by atoms with van der Waals surface area (Å²) in [6, 6.07) is 7.75. The Morgan fingerprint density at radius 2 is 1.70 bits per heavy atom. The second kappa shape index (κ2) is 16.3. The topological polar surface area (TPSA) is 98.5 Å². The van der Waals surface area contributed by atoms with Crippen LogP contribution in [0, 0.1) is 0 Å². The van der Waals surface area contributed by atoms with E-state index in [4.69, 9.17) is 32.5 Å². The van der Waals surface area contributed by atoms with Crippen LogP contribution in [0.3, 0.4) is 0 Å². The first kappa shape index (κ1) is 36.1. The highest BCUT2D eigenvalue weighted by molar-refractivity contribution is 6.77. The van der Waals surface area contributed by atoms with Gasteiger partial charge in [-0.15, -0.1) is 0 Å². The molecule has 0 aliphatic carbocycles. The highest BCUT2D eigenvalue weighted by Gasteiger charge is 2.51. The fourth-order valence-electron chi connectivity index (χ4n) is 6.64. The van der Waals surface area contributed by atoms with Crippen molar-refractivity contribution in [3.05, 3.63) is 59.3 Å². The van der Waals surface area contributed by atoms with Crippen LogP contribution in [-0.2, 0) is 47.8 Å². The van der Waals surface area contributed by atoms with Crippen molar-refractivity contribution in [2.75, 3.05) is 21.3 Å². The first-order chi connectivity index (χ1) is 20.9. The summed E-state index contributed by atoms with van der Waals surface area (Å²) < 4.78 is 43.0.